The van der Waals surface area contributed by atoms with Gasteiger partial charge in [-0.05, 0) is 19.8 Å². The zero-order valence-corrected chi connectivity index (χ0v) is 7.02. The van der Waals surface area contributed by atoms with Gasteiger partial charge in [-0.15, -0.1) is 0 Å². The SMILES string of the molecule is CCC1(CC)OCC(C)O1. The van der Waals surface area contributed by atoms with Gasteiger partial charge in [0.1, 0.15) is 0 Å². The van der Waals surface area contributed by atoms with Crippen molar-refractivity contribution in [1.82, 2.24) is 0 Å². The average molecular weight is 144 g/mol. The Morgan fingerprint density at radius 3 is 2.20 bits per heavy atom. The third kappa shape index (κ3) is 1.32. The Hall–Kier alpha value is -0.0800. The van der Waals surface area contributed by atoms with E-state index >= 15 is 0 Å². The molecule has 0 radical (unpaired) electrons. The minimum absolute atomic E-state index is 0.251. The zero-order chi connectivity index (χ0) is 7.61. The maximum atomic E-state index is 5.62. The molecule has 2 heteroatoms. The first kappa shape index (κ1) is 8.02. The van der Waals surface area contributed by atoms with Gasteiger partial charge in [0.15, 0.2) is 5.79 Å². The molecule has 60 valence electrons. The fourth-order valence-electron chi connectivity index (χ4n) is 1.32. The first-order valence-electron chi connectivity index (χ1n) is 4.04. The molecule has 0 aliphatic carbocycles. The van der Waals surface area contributed by atoms with Crippen LogP contribution in [0.2, 0.25) is 0 Å². The topological polar surface area (TPSA) is 18.5 Å². The lowest BCUT2D eigenvalue weighted by Crippen LogP contribution is -2.28. The van der Waals surface area contributed by atoms with E-state index in [-0.39, 0.29) is 11.9 Å². The number of hydrogen-bond donors (Lipinski definition) is 0. The minimum atomic E-state index is -0.251. The number of rotatable bonds is 2. The van der Waals surface area contributed by atoms with Crippen molar-refractivity contribution in [2.75, 3.05) is 6.61 Å². The highest BCUT2D eigenvalue weighted by atomic mass is 16.7. The molecular weight excluding hydrogens is 128 g/mol. The molecule has 0 aromatic carbocycles. The molecule has 0 N–H and O–H groups in total. The summed E-state index contributed by atoms with van der Waals surface area (Å²) in [4.78, 5) is 0. The molecule has 2 nitrogen and oxygen atoms in total. The van der Waals surface area contributed by atoms with Gasteiger partial charge in [-0.25, -0.2) is 0 Å². The van der Waals surface area contributed by atoms with Gasteiger partial charge in [0.25, 0.3) is 0 Å². The van der Waals surface area contributed by atoms with Gasteiger partial charge < -0.3 is 9.47 Å². The first-order chi connectivity index (χ1) is 4.72. The van der Waals surface area contributed by atoms with Crippen LogP contribution in [0.4, 0.5) is 0 Å². The van der Waals surface area contributed by atoms with Crippen molar-refractivity contribution in [3.63, 3.8) is 0 Å². The summed E-state index contributed by atoms with van der Waals surface area (Å²) < 4.78 is 11.2. The molecule has 0 aromatic rings. The van der Waals surface area contributed by atoms with Gasteiger partial charge in [0, 0.05) is 0 Å². The van der Waals surface area contributed by atoms with Gasteiger partial charge in [0.05, 0.1) is 12.7 Å². The summed E-state index contributed by atoms with van der Waals surface area (Å²) in [5, 5.41) is 0. The molecule has 0 spiro atoms. The molecule has 0 saturated carbocycles. The smallest absolute Gasteiger partial charge is 0.168 e. The van der Waals surface area contributed by atoms with Crippen LogP contribution in [0.3, 0.4) is 0 Å². The minimum Gasteiger partial charge on any atom is -0.347 e. The first-order valence-corrected chi connectivity index (χ1v) is 4.04. The highest BCUT2D eigenvalue weighted by Gasteiger charge is 2.36. The highest BCUT2D eigenvalue weighted by Crippen LogP contribution is 2.29. The van der Waals surface area contributed by atoms with E-state index < -0.39 is 0 Å². The van der Waals surface area contributed by atoms with Gasteiger partial charge in [-0.3, -0.25) is 0 Å². The molecule has 0 amide bonds. The van der Waals surface area contributed by atoms with Crippen LogP contribution in [0, 0.1) is 0 Å². The normalized spacial score (nSPS) is 30.9. The Morgan fingerprint density at radius 2 is 2.00 bits per heavy atom. The molecule has 1 unspecified atom stereocenters. The van der Waals surface area contributed by atoms with Crippen molar-refractivity contribution < 1.29 is 9.47 Å². The van der Waals surface area contributed by atoms with Crippen LogP contribution in [-0.4, -0.2) is 18.5 Å². The lowest BCUT2D eigenvalue weighted by Gasteiger charge is -2.24. The van der Waals surface area contributed by atoms with Gasteiger partial charge in [-0.1, -0.05) is 13.8 Å². The van der Waals surface area contributed by atoms with Crippen LogP contribution in [0.5, 0.6) is 0 Å². The van der Waals surface area contributed by atoms with Crippen molar-refractivity contribution >= 4 is 0 Å². The Morgan fingerprint density at radius 1 is 1.40 bits per heavy atom. The van der Waals surface area contributed by atoms with Crippen LogP contribution in [-0.2, 0) is 9.47 Å². The van der Waals surface area contributed by atoms with E-state index in [0.29, 0.717) is 0 Å². The highest BCUT2D eigenvalue weighted by molar-refractivity contribution is 4.73. The summed E-state index contributed by atoms with van der Waals surface area (Å²) in [6.07, 6.45) is 2.18. The Bertz CT molecular complexity index is 108. The van der Waals surface area contributed by atoms with Crippen molar-refractivity contribution in [3.05, 3.63) is 0 Å². The fourth-order valence-corrected chi connectivity index (χ4v) is 1.32. The summed E-state index contributed by atoms with van der Waals surface area (Å²) >= 11 is 0. The van der Waals surface area contributed by atoms with Gasteiger partial charge in [0.2, 0.25) is 0 Å². The van der Waals surface area contributed by atoms with Crippen molar-refractivity contribution in [2.24, 2.45) is 0 Å². The standard InChI is InChI=1S/C8H16O2/c1-4-8(5-2)9-6-7(3)10-8/h7H,4-6H2,1-3H3. The molecular formula is C8H16O2. The van der Waals surface area contributed by atoms with Crippen LogP contribution in [0.15, 0.2) is 0 Å². The molecule has 0 bridgehead atoms. The van der Waals surface area contributed by atoms with E-state index in [1.165, 1.54) is 0 Å². The van der Waals surface area contributed by atoms with Gasteiger partial charge in [-0.2, -0.15) is 0 Å². The maximum Gasteiger partial charge on any atom is 0.168 e. The summed E-state index contributed by atoms with van der Waals surface area (Å²) in [5.74, 6) is -0.251. The van der Waals surface area contributed by atoms with E-state index in [1.807, 2.05) is 6.92 Å². The van der Waals surface area contributed by atoms with Crippen LogP contribution in [0.25, 0.3) is 0 Å². The Labute approximate surface area is 62.5 Å². The van der Waals surface area contributed by atoms with Crippen LogP contribution in [0.1, 0.15) is 33.6 Å². The summed E-state index contributed by atoms with van der Waals surface area (Å²) in [5.41, 5.74) is 0. The molecule has 1 saturated heterocycles. The quantitative estimate of drug-likeness (QED) is 0.589. The second-order valence-corrected chi connectivity index (χ2v) is 2.86. The molecule has 1 fully saturated rings. The Balaban J connectivity index is 2.51. The van der Waals surface area contributed by atoms with E-state index in [9.17, 15) is 0 Å². The number of ether oxygens (including phenoxy) is 2. The fraction of sp³-hybridized carbons (Fsp3) is 1.00. The lowest BCUT2D eigenvalue weighted by molar-refractivity contribution is -0.169. The largest absolute Gasteiger partial charge is 0.347 e. The van der Waals surface area contributed by atoms with E-state index in [0.717, 1.165) is 19.4 Å². The molecule has 1 rings (SSSR count). The summed E-state index contributed by atoms with van der Waals surface area (Å²) in [7, 11) is 0. The van der Waals surface area contributed by atoms with Gasteiger partial charge >= 0.3 is 0 Å². The van der Waals surface area contributed by atoms with Crippen molar-refractivity contribution in [1.29, 1.82) is 0 Å². The molecule has 1 atom stereocenters. The molecule has 1 aliphatic heterocycles. The Kier molecular flexibility index (Phi) is 2.32. The second kappa shape index (κ2) is 2.89. The lowest BCUT2D eigenvalue weighted by atomic mass is 10.1. The molecule has 1 aliphatic rings. The van der Waals surface area contributed by atoms with Crippen LogP contribution >= 0.6 is 0 Å². The van der Waals surface area contributed by atoms with Crippen LogP contribution < -0.4 is 0 Å². The second-order valence-electron chi connectivity index (χ2n) is 2.86. The molecule has 1 heterocycles. The van der Waals surface area contributed by atoms with E-state index in [2.05, 4.69) is 13.8 Å². The third-order valence-electron chi connectivity index (χ3n) is 2.07. The average Bonchev–Trinajstić information content (AvgIpc) is 2.33. The monoisotopic (exact) mass is 144 g/mol. The maximum absolute atomic E-state index is 5.62. The van der Waals surface area contributed by atoms with E-state index in [1.54, 1.807) is 0 Å². The van der Waals surface area contributed by atoms with E-state index in [4.69, 9.17) is 9.47 Å². The molecule has 0 aromatic heterocycles. The summed E-state index contributed by atoms with van der Waals surface area (Å²) in [6.45, 7) is 7.00. The predicted octanol–water partition coefficient (Wildman–Crippen LogP) is 1.94. The zero-order valence-electron chi connectivity index (χ0n) is 7.02. The molecule has 10 heavy (non-hydrogen) atoms. The summed E-state index contributed by atoms with van der Waals surface area (Å²) in [6, 6.07) is 0. The predicted molar refractivity (Wildman–Crippen MR) is 39.8 cm³/mol. The third-order valence-corrected chi connectivity index (χ3v) is 2.07. The van der Waals surface area contributed by atoms with Crippen molar-refractivity contribution in [2.45, 2.75) is 45.5 Å². The number of hydrogen-bond acceptors (Lipinski definition) is 2. The van der Waals surface area contributed by atoms with Crippen molar-refractivity contribution in [3.8, 4) is 0 Å².